The van der Waals surface area contributed by atoms with Crippen LogP contribution < -0.4 is 5.32 Å². The topological polar surface area (TPSA) is 12.0 Å². The van der Waals surface area contributed by atoms with Crippen LogP contribution in [0.4, 0.5) is 13.2 Å². The molecular weight excluding hydrogens is 227 g/mol. The highest BCUT2D eigenvalue weighted by Crippen LogP contribution is 2.20. The van der Waals surface area contributed by atoms with Crippen LogP contribution in [-0.4, -0.2) is 12.7 Å². The number of benzene rings is 1. The van der Waals surface area contributed by atoms with Crippen molar-refractivity contribution < 1.29 is 13.2 Å². The Morgan fingerprint density at radius 2 is 1.82 bits per heavy atom. The second kappa shape index (κ2) is 5.54. The fourth-order valence-corrected chi connectivity index (χ4v) is 1.58. The molecule has 0 aromatic heterocycles. The second-order valence-electron chi connectivity index (χ2n) is 4.38. The monoisotopic (exact) mass is 245 g/mol. The molecule has 0 saturated carbocycles. The van der Waals surface area contributed by atoms with Crippen molar-refractivity contribution in [2.24, 2.45) is 0 Å². The Morgan fingerprint density at radius 1 is 1.18 bits per heavy atom. The zero-order valence-electron chi connectivity index (χ0n) is 10.4. The van der Waals surface area contributed by atoms with Gasteiger partial charge in [0.1, 0.15) is 0 Å². The van der Waals surface area contributed by atoms with Crippen molar-refractivity contribution in [3.63, 3.8) is 0 Å². The molecule has 96 valence electrons. The summed E-state index contributed by atoms with van der Waals surface area (Å²) in [6.07, 6.45) is -4.88. The van der Waals surface area contributed by atoms with Crippen molar-refractivity contribution in [3.05, 3.63) is 34.9 Å². The van der Waals surface area contributed by atoms with Gasteiger partial charge < -0.3 is 5.32 Å². The van der Waals surface area contributed by atoms with Gasteiger partial charge in [-0.15, -0.1) is 0 Å². The molecule has 0 bridgehead atoms. The Morgan fingerprint density at radius 3 is 2.35 bits per heavy atom. The average Bonchev–Trinajstić information content (AvgIpc) is 2.20. The fraction of sp³-hybridized carbons (Fsp3) is 0.538. The Labute approximate surface area is 100 Å². The first kappa shape index (κ1) is 14.0. The van der Waals surface area contributed by atoms with Gasteiger partial charge in [-0.25, -0.2) is 0 Å². The van der Waals surface area contributed by atoms with E-state index in [-0.39, 0.29) is 12.6 Å². The number of hydrogen-bond acceptors (Lipinski definition) is 1. The lowest BCUT2D eigenvalue weighted by atomic mass is 10.0. The van der Waals surface area contributed by atoms with E-state index in [1.165, 1.54) is 5.56 Å². The van der Waals surface area contributed by atoms with Crippen molar-refractivity contribution >= 4 is 0 Å². The van der Waals surface area contributed by atoms with Crippen molar-refractivity contribution in [2.75, 3.05) is 6.54 Å². The summed E-state index contributed by atoms with van der Waals surface area (Å²) >= 11 is 0. The smallest absolute Gasteiger partial charge is 0.310 e. The Kier molecular flexibility index (Phi) is 4.57. The molecule has 17 heavy (non-hydrogen) atoms. The Hall–Kier alpha value is -1.03. The SMILES string of the molecule is Cc1ccc(C(C)NCCC(F)(F)F)cc1C. The quantitative estimate of drug-likeness (QED) is 0.848. The van der Waals surface area contributed by atoms with Crippen LogP contribution in [0.1, 0.15) is 36.1 Å². The van der Waals surface area contributed by atoms with Gasteiger partial charge in [0.25, 0.3) is 0 Å². The van der Waals surface area contributed by atoms with E-state index in [9.17, 15) is 13.2 Å². The third-order valence-electron chi connectivity index (χ3n) is 2.89. The van der Waals surface area contributed by atoms with Crippen molar-refractivity contribution in [2.45, 2.75) is 39.4 Å². The summed E-state index contributed by atoms with van der Waals surface area (Å²) in [5.41, 5.74) is 3.37. The van der Waals surface area contributed by atoms with E-state index in [1.807, 2.05) is 39.0 Å². The average molecular weight is 245 g/mol. The van der Waals surface area contributed by atoms with Gasteiger partial charge in [-0.3, -0.25) is 0 Å². The lowest BCUT2D eigenvalue weighted by Gasteiger charge is -2.16. The summed E-state index contributed by atoms with van der Waals surface area (Å²) < 4.78 is 36.0. The fourth-order valence-electron chi connectivity index (χ4n) is 1.58. The summed E-state index contributed by atoms with van der Waals surface area (Å²) in [5.74, 6) is 0. The molecular formula is C13H18F3N. The molecule has 0 aliphatic carbocycles. The first-order valence-corrected chi connectivity index (χ1v) is 5.67. The molecule has 4 heteroatoms. The first-order valence-electron chi connectivity index (χ1n) is 5.67. The molecule has 0 radical (unpaired) electrons. The molecule has 0 spiro atoms. The zero-order chi connectivity index (χ0) is 13.1. The Bertz CT molecular complexity index is 371. The van der Waals surface area contributed by atoms with Crippen molar-refractivity contribution in [1.29, 1.82) is 0 Å². The number of hydrogen-bond donors (Lipinski definition) is 1. The third-order valence-corrected chi connectivity index (χ3v) is 2.89. The van der Waals surface area contributed by atoms with Gasteiger partial charge in [0.05, 0.1) is 6.42 Å². The van der Waals surface area contributed by atoms with Gasteiger partial charge in [0.2, 0.25) is 0 Å². The van der Waals surface area contributed by atoms with E-state index >= 15 is 0 Å². The molecule has 0 aliphatic heterocycles. The highest BCUT2D eigenvalue weighted by Gasteiger charge is 2.26. The van der Waals surface area contributed by atoms with E-state index in [2.05, 4.69) is 5.32 Å². The van der Waals surface area contributed by atoms with Crippen molar-refractivity contribution in [1.82, 2.24) is 5.32 Å². The summed E-state index contributed by atoms with van der Waals surface area (Å²) in [6.45, 7) is 5.85. The Balaban J connectivity index is 2.52. The van der Waals surface area contributed by atoms with Crippen LogP contribution in [0.25, 0.3) is 0 Å². The van der Waals surface area contributed by atoms with Crippen LogP contribution in [-0.2, 0) is 0 Å². The highest BCUT2D eigenvalue weighted by atomic mass is 19.4. The van der Waals surface area contributed by atoms with Crippen LogP contribution in [0.2, 0.25) is 0 Å². The largest absolute Gasteiger partial charge is 0.390 e. The maximum absolute atomic E-state index is 12.0. The standard InChI is InChI=1S/C13H18F3N/c1-9-4-5-12(8-10(9)2)11(3)17-7-6-13(14,15)16/h4-5,8,11,17H,6-7H2,1-3H3. The molecule has 1 N–H and O–H groups in total. The van der Waals surface area contributed by atoms with Crippen LogP contribution in [0.5, 0.6) is 0 Å². The lowest BCUT2D eigenvalue weighted by molar-refractivity contribution is -0.133. The molecule has 1 rings (SSSR count). The van der Waals surface area contributed by atoms with Crippen LogP contribution in [0.3, 0.4) is 0 Å². The number of nitrogens with one attached hydrogen (secondary N) is 1. The number of rotatable bonds is 4. The van der Waals surface area contributed by atoms with Gasteiger partial charge in [-0.2, -0.15) is 13.2 Å². The minimum Gasteiger partial charge on any atom is -0.310 e. The zero-order valence-corrected chi connectivity index (χ0v) is 10.4. The van der Waals surface area contributed by atoms with Crippen LogP contribution in [0, 0.1) is 13.8 Å². The van der Waals surface area contributed by atoms with Gasteiger partial charge >= 0.3 is 6.18 Å². The predicted octanol–water partition coefficient (Wildman–Crippen LogP) is 3.91. The van der Waals surface area contributed by atoms with E-state index in [0.717, 1.165) is 11.1 Å². The predicted molar refractivity (Wildman–Crippen MR) is 63.0 cm³/mol. The second-order valence-corrected chi connectivity index (χ2v) is 4.38. The van der Waals surface area contributed by atoms with Gasteiger partial charge in [-0.1, -0.05) is 18.2 Å². The minimum atomic E-state index is -4.09. The molecule has 0 fully saturated rings. The summed E-state index contributed by atoms with van der Waals surface area (Å²) in [4.78, 5) is 0. The van der Waals surface area contributed by atoms with E-state index < -0.39 is 12.6 Å². The number of aryl methyl sites for hydroxylation is 2. The number of halogens is 3. The van der Waals surface area contributed by atoms with Gasteiger partial charge in [0.15, 0.2) is 0 Å². The molecule has 1 nitrogen and oxygen atoms in total. The molecule has 0 saturated heterocycles. The molecule has 0 amide bonds. The highest BCUT2D eigenvalue weighted by molar-refractivity contribution is 5.31. The molecule has 0 aliphatic rings. The third kappa shape index (κ3) is 4.77. The molecule has 1 unspecified atom stereocenters. The van der Waals surface area contributed by atoms with Gasteiger partial charge in [-0.05, 0) is 37.5 Å². The van der Waals surface area contributed by atoms with E-state index in [4.69, 9.17) is 0 Å². The first-order chi connectivity index (χ1) is 7.79. The lowest BCUT2D eigenvalue weighted by Crippen LogP contribution is -2.24. The summed E-state index contributed by atoms with van der Waals surface area (Å²) in [6, 6.07) is 5.90. The molecule has 1 aromatic rings. The summed E-state index contributed by atoms with van der Waals surface area (Å²) in [5, 5.41) is 2.88. The minimum absolute atomic E-state index is 0.0441. The summed E-state index contributed by atoms with van der Waals surface area (Å²) in [7, 11) is 0. The maximum Gasteiger partial charge on any atom is 0.390 e. The molecule has 0 heterocycles. The maximum atomic E-state index is 12.0. The van der Waals surface area contributed by atoms with Gasteiger partial charge in [0, 0.05) is 12.6 Å². The van der Waals surface area contributed by atoms with Crippen LogP contribution >= 0.6 is 0 Å². The van der Waals surface area contributed by atoms with E-state index in [1.54, 1.807) is 0 Å². The van der Waals surface area contributed by atoms with E-state index in [0.29, 0.717) is 0 Å². The molecule has 1 atom stereocenters. The normalized spacial score (nSPS) is 13.8. The van der Waals surface area contributed by atoms with Crippen LogP contribution in [0.15, 0.2) is 18.2 Å². The van der Waals surface area contributed by atoms with Crippen molar-refractivity contribution in [3.8, 4) is 0 Å². The number of alkyl halides is 3. The molecule has 1 aromatic carbocycles.